The first-order valence-electron chi connectivity index (χ1n) is 6.49. The minimum atomic E-state index is -1.18. The second-order valence-electron chi connectivity index (χ2n) is 5.07. The number of aliphatic carboxylic acids is 1. The predicted octanol–water partition coefficient (Wildman–Crippen LogP) is 2.67. The lowest BCUT2D eigenvalue weighted by atomic mass is 9.81. The molecule has 20 heavy (non-hydrogen) atoms. The van der Waals surface area contributed by atoms with Crippen molar-refractivity contribution in [1.82, 2.24) is 5.32 Å². The molecule has 0 radical (unpaired) electrons. The largest absolute Gasteiger partial charge is 0.507 e. The van der Waals surface area contributed by atoms with E-state index in [2.05, 4.69) is 21.2 Å². The molecule has 0 heterocycles. The summed E-state index contributed by atoms with van der Waals surface area (Å²) in [6.07, 6.45) is 3.45. The van der Waals surface area contributed by atoms with Crippen LogP contribution in [-0.4, -0.2) is 27.6 Å². The van der Waals surface area contributed by atoms with Gasteiger partial charge in [0.1, 0.15) is 11.3 Å². The van der Waals surface area contributed by atoms with E-state index in [0.29, 0.717) is 17.3 Å². The van der Waals surface area contributed by atoms with Crippen LogP contribution >= 0.6 is 15.9 Å². The summed E-state index contributed by atoms with van der Waals surface area (Å²) in [6, 6.07) is 4.41. The van der Waals surface area contributed by atoms with Gasteiger partial charge in [-0.05, 0) is 47.0 Å². The molecule has 108 valence electrons. The zero-order valence-corrected chi connectivity index (χ0v) is 12.4. The molecule has 2 rings (SSSR count). The van der Waals surface area contributed by atoms with Gasteiger partial charge in [-0.1, -0.05) is 19.3 Å². The maximum atomic E-state index is 12.2. The van der Waals surface area contributed by atoms with Crippen LogP contribution in [0.15, 0.2) is 22.7 Å². The maximum Gasteiger partial charge on any atom is 0.329 e. The monoisotopic (exact) mass is 341 g/mol. The van der Waals surface area contributed by atoms with Crippen LogP contribution in [0, 0.1) is 0 Å². The third-order valence-corrected chi connectivity index (χ3v) is 4.35. The zero-order valence-electron chi connectivity index (χ0n) is 10.9. The molecule has 1 saturated carbocycles. The van der Waals surface area contributed by atoms with Crippen LogP contribution in [0.4, 0.5) is 0 Å². The fraction of sp³-hybridized carbons (Fsp3) is 0.429. The van der Waals surface area contributed by atoms with Gasteiger partial charge in [-0.15, -0.1) is 0 Å². The van der Waals surface area contributed by atoms with E-state index in [1.165, 1.54) is 12.1 Å². The topological polar surface area (TPSA) is 86.6 Å². The van der Waals surface area contributed by atoms with Gasteiger partial charge >= 0.3 is 5.97 Å². The van der Waals surface area contributed by atoms with Crippen molar-refractivity contribution in [3.8, 4) is 5.75 Å². The minimum absolute atomic E-state index is 0.0503. The molecule has 1 fully saturated rings. The molecule has 0 saturated heterocycles. The van der Waals surface area contributed by atoms with Crippen LogP contribution in [0.1, 0.15) is 42.5 Å². The second-order valence-corrected chi connectivity index (χ2v) is 5.92. The lowest BCUT2D eigenvalue weighted by molar-refractivity contribution is -0.145. The zero-order chi connectivity index (χ0) is 14.8. The van der Waals surface area contributed by atoms with Crippen molar-refractivity contribution in [2.75, 3.05) is 0 Å². The van der Waals surface area contributed by atoms with E-state index >= 15 is 0 Å². The summed E-state index contributed by atoms with van der Waals surface area (Å²) in [5.74, 6) is -1.52. The number of hydrogen-bond donors (Lipinski definition) is 3. The van der Waals surface area contributed by atoms with E-state index in [1.807, 2.05) is 0 Å². The molecule has 0 bridgehead atoms. The van der Waals surface area contributed by atoms with Crippen LogP contribution in [-0.2, 0) is 4.79 Å². The van der Waals surface area contributed by atoms with Gasteiger partial charge < -0.3 is 15.5 Å². The quantitative estimate of drug-likeness (QED) is 0.788. The van der Waals surface area contributed by atoms with Gasteiger partial charge in [0.2, 0.25) is 0 Å². The summed E-state index contributed by atoms with van der Waals surface area (Å²) < 4.78 is 0.486. The minimum Gasteiger partial charge on any atom is -0.507 e. The molecule has 1 aromatic carbocycles. The van der Waals surface area contributed by atoms with Gasteiger partial charge in [0, 0.05) is 5.56 Å². The maximum absolute atomic E-state index is 12.2. The Balaban J connectivity index is 2.20. The average Bonchev–Trinajstić information content (AvgIpc) is 2.42. The van der Waals surface area contributed by atoms with Crippen molar-refractivity contribution in [3.05, 3.63) is 28.2 Å². The smallest absolute Gasteiger partial charge is 0.329 e. The summed E-state index contributed by atoms with van der Waals surface area (Å²) in [5, 5.41) is 21.6. The van der Waals surface area contributed by atoms with Crippen LogP contribution in [0.2, 0.25) is 0 Å². The molecular weight excluding hydrogens is 326 g/mol. The predicted molar refractivity (Wildman–Crippen MR) is 76.7 cm³/mol. The number of hydrogen-bond acceptors (Lipinski definition) is 3. The highest BCUT2D eigenvalue weighted by Crippen LogP contribution is 2.29. The Morgan fingerprint density at radius 3 is 2.40 bits per heavy atom. The Labute approximate surface area is 125 Å². The molecule has 0 unspecified atom stereocenters. The number of carboxylic acids is 1. The van der Waals surface area contributed by atoms with Crippen molar-refractivity contribution in [1.29, 1.82) is 0 Å². The van der Waals surface area contributed by atoms with E-state index in [-0.39, 0.29) is 11.3 Å². The van der Waals surface area contributed by atoms with E-state index < -0.39 is 17.4 Å². The highest BCUT2D eigenvalue weighted by molar-refractivity contribution is 9.10. The van der Waals surface area contributed by atoms with E-state index in [4.69, 9.17) is 0 Å². The molecule has 5 nitrogen and oxygen atoms in total. The number of carboxylic acid groups (broad SMARTS) is 1. The van der Waals surface area contributed by atoms with Crippen LogP contribution in [0.25, 0.3) is 0 Å². The first-order valence-corrected chi connectivity index (χ1v) is 7.28. The lowest BCUT2D eigenvalue weighted by Crippen LogP contribution is -2.55. The SMILES string of the molecule is O=C(NC1(C(=O)O)CCCCC1)c1ccc(Br)c(O)c1. The Bertz CT molecular complexity index is 538. The van der Waals surface area contributed by atoms with Gasteiger partial charge in [-0.3, -0.25) is 4.79 Å². The standard InChI is InChI=1S/C14H16BrNO4/c15-10-5-4-9(8-11(10)17)12(18)16-14(13(19)20)6-2-1-3-7-14/h4-5,8,17H,1-3,6-7H2,(H,16,18)(H,19,20). The van der Waals surface area contributed by atoms with E-state index in [9.17, 15) is 19.8 Å². The van der Waals surface area contributed by atoms with E-state index in [1.54, 1.807) is 6.07 Å². The fourth-order valence-corrected chi connectivity index (χ4v) is 2.74. The Kier molecular flexibility index (Phi) is 4.32. The molecule has 6 heteroatoms. The summed E-state index contributed by atoms with van der Waals surface area (Å²) in [5.41, 5.74) is -0.935. The highest BCUT2D eigenvalue weighted by atomic mass is 79.9. The first-order chi connectivity index (χ1) is 9.44. The number of benzene rings is 1. The second kappa shape index (κ2) is 5.83. The van der Waals surface area contributed by atoms with Gasteiger partial charge in [0.25, 0.3) is 5.91 Å². The number of halogens is 1. The molecule has 1 aliphatic carbocycles. The van der Waals surface area contributed by atoms with Crippen molar-refractivity contribution in [3.63, 3.8) is 0 Å². The number of rotatable bonds is 3. The molecular formula is C14H16BrNO4. The lowest BCUT2D eigenvalue weighted by Gasteiger charge is -2.34. The van der Waals surface area contributed by atoms with Crippen LogP contribution in [0.5, 0.6) is 5.75 Å². The van der Waals surface area contributed by atoms with Gasteiger partial charge in [0.15, 0.2) is 0 Å². The average molecular weight is 342 g/mol. The highest BCUT2D eigenvalue weighted by Gasteiger charge is 2.41. The molecule has 0 spiro atoms. The van der Waals surface area contributed by atoms with Crippen molar-refractivity contribution in [2.45, 2.75) is 37.6 Å². The van der Waals surface area contributed by atoms with Crippen molar-refractivity contribution < 1.29 is 19.8 Å². The summed E-state index contributed by atoms with van der Waals surface area (Å²) in [4.78, 5) is 23.7. The van der Waals surface area contributed by atoms with Gasteiger partial charge in [-0.25, -0.2) is 4.79 Å². The number of amides is 1. The Morgan fingerprint density at radius 1 is 1.20 bits per heavy atom. The number of aromatic hydroxyl groups is 1. The fourth-order valence-electron chi connectivity index (χ4n) is 2.49. The molecule has 0 aliphatic heterocycles. The summed E-state index contributed by atoms with van der Waals surface area (Å²) in [6.45, 7) is 0. The molecule has 1 aromatic rings. The first kappa shape index (κ1) is 14.8. The molecule has 0 aromatic heterocycles. The number of nitrogens with one attached hydrogen (secondary N) is 1. The molecule has 0 atom stereocenters. The Hall–Kier alpha value is -1.56. The van der Waals surface area contributed by atoms with Crippen molar-refractivity contribution >= 4 is 27.8 Å². The third kappa shape index (κ3) is 2.95. The third-order valence-electron chi connectivity index (χ3n) is 3.68. The van der Waals surface area contributed by atoms with Crippen LogP contribution < -0.4 is 5.32 Å². The molecule has 1 amide bonds. The van der Waals surface area contributed by atoms with Crippen molar-refractivity contribution in [2.24, 2.45) is 0 Å². The molecule has 3 N–H and O–H groups in total. The summed E-state index contributed by atoms with van der Waals surface area (Å²) in [7, 11) is 0. The van der Waals surface area contributed by atoms with E-state index in [0.717, 1.165) is 19.3 Å². The van der Waals surface area contributed by atoms with Gasteiger partial charge in [0.05, 0.1) is 4.47 Å². The summed E-state index contributed by atoms with van der Waals surface area (Å²) >= 11 is 3.13. The Morgan fingerprint density at radius 2 is 1.85 bits per heavy atom. The van der Waals surface area contributed by atoms with Gasteiger partial charge in [-0.2, -0.15) is 0 Å². The number of carbonyl (C=O) groups excluding carboxylic acids is 1. The molecule has 1 aliphatic rings. The number of phenols is 1. The normalized spacial score (nSPS) is 17.4. The number of carbonyl (C=O) groups is 2. The number of phenolic OH excluding ortho intramolecular Hbond substituents is 1. The van der Waals surface area contributed by atoms with Crippen LogP contribution in [0.3, 0.4) is 0 Å².